The lowest BCUT2D eigenvalue weighted by Gasteiger charge is -2.22. The molecule has 3 nitrogen and oxygen atoms in total. The van der Waals surface area contributed by atoms with Crippen LogP contribution in [-0.2, 0) is 20.7 Å². The van der Waals surface area contributed by atoms with Crippen molar-refractivity contribution in [2.45, 2.75) is 25.4 Å². The zero-order chi connectivity index (χ0) is 11.2. The number of cyclic esters (lactones) is 1. The first kappa shape index (κ1) is 11.1. The number of esters is 1. The second-order valence-corrected chi connectivity index (χ2v) is 4.00. The van der Waals surface area contributed by atoms with E-state index in [2.05, 4.69) is 12.1 Å². The highest BCUT2D eigenvalue weighted by Crippen LogP contribution is 2.11. The fraction of sp³-hybridized carbons (Fsp3) is 0.462. The highest BCUT2D eigenvalue weighted by molar-refractivity contribution is 5.71. The Hall–Kier alpha value is -1.35. The van der Waals surface area contributed by atoms with Crippen LogP contribution in [0.2, 0.25) is 0 Å². The normalized spacial score (nSPS) is 20.5. The van der Waals surface area contributed by atoms with Gasteiger partial charge in [-0.3, -0.25) is 0 Å². The Morgan fingerprint density at radius 3 is 2.81 bits per heavy atom. The maximum atomic E-state index is 11.0. The van der Waals surface area contributed by atoms with Crippen molar-refractivity contribution < 1.29 is 14.3 Å². The van der Waals surface area contributed by atoms with E-state index in [0.29, 0.717) is 6.61 Å². The van der Waals surface area contributed by atoms with E-state index in [-0.39, 0.29) is 18.7 Å². The summed E-state index contributed by atoms with van der Waals surface area (Å²) in [6.45, 7) is 0.649. The summed E-state index contributed by atoms with van der Waals surface area (Å²) in [5.41, 5.74) is 1.32. The third-order valence-corrected chi connectivity index (χ3v) is 2.66. The Bertz CT molecular complexity index is 334. The Balaban J connectivity index is 1.70. The molecule has 0 aliphatic carbocycles. The Kier molecular flexibility index (Phi) is 3.94. The van der Waals surface area contributed by atoms with Crippen LogP contribution >= 0.6 is 0 Å². The molecule has 0 amide bonds. The van der Waals surface area contributed by atoms with Gasteiger partial charge in [0.25, 0.3) is 0 Å². The summed E-state index contributed by atoms with van der Waals surface area (Å²) < 4.78 is 10.3. The minimum absolute atomic E-state index is 0.0510. The van der Waals surface area contributed by atoms with Crippen molar-refractivity contribution in [3.63, 3.8) is 0 Å². The van der Waals surface area contributed by atoms with Gasteiger partial charge in [0.05, 0.1) is 6.61 Å². The molecule has 0 saturated carbocycles. The summed E-state index contributed by atoms with van der Waals surface area (Å²) in [6.07, 6.45) is 2.87. The molecular weight excluding hydrogens is 204 g/mol. The van der Waals surface area contributed by atoms with Crippen LogP contribution in [0.1, 0.15) is 18.4 Å². The average Bonchev–Trinajstić information content (AvgIpc) is 2.30. The van der Waals surface area contributed by atoms with Crippen molar-refractivity contribution in [1.29, 1.82) is 0 Å². The maximum Gasteiger partial charge on any atom is 0.332 e. The van der Waals surface area contributed by atoms with E-state index in [4.69, 9.17) is 9.47 Å². The number of carbonyl (C=O) groups excluding carboxylic acids is 1. The number of benzene rings is 1. The molecular formula is C13H16O3. The summed E-state index contributed by atoms with van der Waals surface area (Å²) in [5.74, 6) is -0.240. The third-order valence-electron chi connectivity index (χ3n) is 2.66. The molecule has 0 radical (unpaired) electrons. The number of rotatable bonds is 4. The first-order chi connectivity index (χ1) is 7.84. The van der Waals surface area contributed by atoms with Crippen LogP contribution in [-0.4, -0.2) is 25.3 Å². The van der Waals surface area contributed by atoms with Gasteiger partial charge in [0, 0.05) is 0 Å². The van der Waals surface area contributed by atoms with E-state index in [0.717, 1.165) is 19.3 Å². The highest BCUT2D eigenvalue weighted by Gasteiger charge is 2.20. The second-order valence-electron chi connectivity index (χ2n) is 4.00. The SMILES string of the molecule is O=C1COCC(CCCc2ccccc2)O1. The summed E-state index contributed by atoms with van der Waals surface area (Å²) >= 11 is 0. The van der Waals surface area contributed by atoms with Gasteiger partial charge in [-0.2, -0.15) is 0 Å². The quantitative estimate of drug-likeness (QED) is 0.727. The molecule has 1 atom stereocenters. The van der Waals surface area contributed by atoms with Crippen LogP contribution < -0.4 is 0 Å². The molecule has 1 saturated heterocycles. The monoisotopic (exact) mass is 220 g/mol. The van der Waals surface area contributed by atoms with Gasteiger partial charge in [-0.25, -0.2) is 4.79 Å². The van der Waals surface area contributed by atoms with Gasteiger partial charge >= 0.3 is 5.97 Å². The van der Waals surface area contributed by atoms with Gasteiger partial charge in [-0.15, -0.1) is 0 Å². The van der Waals surface area contributed by atoms with Gasteiger partial charge in [-0.05, 0) is 24.8 Å². The summed E-state index contributed by atoms with van der Waals surface area (Å²) in [4.78, 5) is 11.0. The van der Waals surface area contributed by atoms with Crippen LogP contribution in [0.4, 0.5) is 0 Å². The fourth-order valence-electron chi connectivity index (χ4n) is 1.85. The predicted molar refractivity (Wildman–Crippen MR) is 60.1 cm³/mol. The molecule has 3 heteroatoms. The molecule has 1 unspecified atom stereocenters. The smallest absolute Gasteiger partial charge is 0.332 e. The first-order valence-electron chi connectivity index (χ1n) is 5.66. The molecule has 1 aliphatic heterocycles. The van der Waals surface area contributed by atoms with Gasteiger partial charge in [0.1, 0.15) is 12.7 Å². The van der Waals surface area contributed by atoms with Gasteiger partial charge in [0.15, 0.2) is 0 Å². The third kappa shape index (κ3) is 3.35. The highest BCUT2D eigenvalue weighted by atomic mass is 16.6. The summed E-state index contributed by atoms with van der Waals surface area (Å²) in [5, 5.41) is 0. The number of carbonyl (C=O) groups is 1. The Morgan fingerprint density at radius 2 is 2.06 bits per heavy atom. The molecule has 0 aromatic heterocycles. The first-order valence-corrected chi connectivity index (χ1v) is 5.66. The molecule has 1 aromatic rings. The van der Waals surface area contributed by atoms with E-state index < -0.39 is 0 Å². The van der Waals surface area contributed by atoms with Crippen molar-refractivity contribution in [2.24, 2.45) is 0 Å². The van der Waals surface area contributed by atoms with E-state index >= 15 is 0 Å². The van der Waals surface area contributed by atoms with Crippen molar-refractivity contribution in [3.05, 3.63) is 35.9 Å². The topological polar surface area (TPSA) is 35.5 Å². The zero-order valence-electron chi connectivity index (χ0n) is 9.22. The van der Waals surface area contributed by atoms with Crippen LogP contribution in [0.3, 0.4) is 0 Å². The molecule has 1 fully saturated rings. The molecule has 0 bridgehead atoms. The standard InChI is InChI=1S/C13H16O3/c14-13-10-15-9-12(16-13)8-4-7-11-5-2-1-3-6-11/h1-3,5-6,12H,4,7-10H2. The lowest BCUT2D eigenvalue weighted by Crippen LogP contribution is -2.32. The largest absolute Gasteiger partial charge is 0.458 e. The van der Waals surface area contributed by atoms with Crippen LogP contribution in [0.15, 0.2) is 30.3 Å². The predicted octanol–water partition coefficient (Wildman–Crippen LogP) is 1.95. The maximum absolute atomic E-state index is 11.0. The van der Waals surface area contributed by atoms with Gasteiger partial charge in [0.2, 0.25) is 0 Å². The number of aryl methyl sites for hydroxylation is 1. The van der Waals surface area contributed by atoms with Gasteiger partial charge in [-0.1, -0.05) is 30.3 Å². The van der Waals surface area contributed by atoms with E-state index in [1.165, 1.54) is 5.56 Å². The molecule has 0 N–H and O–H groups in total. The lowest BCUT2D eigenvalue weighted by molar-refractivity contribution is -0.170. The van der Waals surface area contributed by atoms with Crippen molar-refractivity contribution in [1.82, 2.24) is 0 Å². The van der Waals surface area contributed by atoms with Crippen LogP contribution in [0.25, 0.3) is 0 Å². The van der Waals surface area contributed by atoms with E-state index in [1.807, 2.05) is 18.2 Å². The van der Waals surface area contributed by atoms with E-state index in [9.17, 15) is 4.79 Å². The van der Waals surface area contributed by atoms with Gasteiger partial charge < -0.3 is 9.47 Å². The minimum Gasteiger partial charge on any atom is -0.458 e. The molecule has 16 heavy (non-hydrogen) atoms. The summed E-state index contributed by atoms with van der Waals surface area (Å²) in [6, 6.07) is 10.3. The molecule has 1 aliphatic rings. The second kappa shape index (κ2) is 5.66. The average molecular weight is 220 g/mol. The van der Waals surface area contributed by atoms with Crippen LogP contribution in [0.5, 0.6) is 0 Å². The van der Waals surface area contributed by atoms with Crippen LogP contribution in [0, 0.1) is 0 Å². The minimum atomic E-state index is -0.240. The van der Waals surface area contributed by atoms with Crippen molar-refractivity contribution in [2.75, 3.05) is 13.2 Å². The molecule has 86 valence electrons. The Labute approximate surface area is 95.4 Å². The van der Waals surface area contributed by atoms with E-state index in [1.54, 1.807) is 0 Å². The lowest BCUT2D eigenvalue weighted by atomic mass is 10.1. The molecule has 0 spiro atoms. The molecule has 2 rings (SSSR count). The zero-order valence-corrected chi connectivity index (χ0v) is 9.22. The fourth-order valence-corrected chi connectivity index (χ4v) is 1.85. The summed E-state index contributed by atoms with van der Waals surface area (Å²) in [7, 11) is 0. The van der Waals surface area contributed by atoms with Crippen molar-refractivity contribution >= 4 is 5.97 Å². The molecule has 1 aromatic carbocycles. The Morgan fingerprint density at radius 1 is 1.25 bits per heavy atom. The van der Waals surface area contributed by atoms with Crippen molar-refractivity contribution in [3.8, 4) is 0 Å². The number of hydrogen-bond donors (Lipinski definition) is 0. The number of hydrogen-bond acceptors (Lipinski definition) is 3. The number of ether oxygens (including phenoxy) is 2. The molecule has 1 heterocycles.